The molecule has 38 heavy (non-hydrogen) atoms. The number of carbonyl (C=O) groups is 1. The molecule has 0 aliphatic rings. The highest BCUT2D eigenvalue weighted by atomic mass is 16.5. The van der Waals surface area contributed by atoms with Crippen molar-refractivity contribution >= 4 is 5.97 Å². The molecule has 0 bridgehead atoms. The van der Waals surface area contributed by atoms with Crippen molar-refractivity contribution in [3.05, 3.63) is 60.9 Å². The Balaban J connectivity index is 1.51. The molecule has 0 aliphatic heterocycles. The van der Waals surface area contributed by atoms with Crippen molar-refractivity contribution in [1.82, 2.24) is 9.97 Å². The van der Waals surface area contributed by atoms with E-state index in [2.05, 4.69) is 29.9 Å². The minimum Gasteiger partial charge on any atom is -0.490 e. The summed E-state index contributed by atoms with van der Waals surface area (Å²) in [5.41, 5.74) is 2.95. The number of hydrogen-bond donors (Lipinski definition) is 0. The van der Waals surface area contributed by atoms with Gasteiger partial charge >= 0.3 is 5.97 Å². The van der Waals surface area contributed by atoms with E-state index in [4.69, 9.17) is 9.47 Å². The zero-order valence-electron chi connectivity index (χ0n) is 22.7. The lowest BCUT2D eigenvalue weighted by Gasteiger charge is -2.10. The third-order valence-corrected chi connectivity index (χ3v) is 6.48. The van der Waals surface area contributed by atoms with Gasteiger partial charge in [-0.15, -0.1) is 0 Å². The average Bonchev–Trinajstić information content (AvgIpc) is 2.96. The first kappa shape index (κ1) is 28.8. The molecule has 3 aromatic rings. The van der Waals surface area contributed by atoms with Crippen LogP contribution < -0.4 is 9.47 Å². The van der Waals surface area contributed by atoms with Gasteiger partial charge in [0.1, 0.15) is 11.7 Å². The molecular formula is C32H39N3O3. The lowest BCUT2D eigenvalue weighted by Crippen LogP contribution is -2.19. The number of benzene rings is 2. The largest absolute Gasteiger partial charge is 0.490 e. The van der Waals surface area contributed by atoms with E-state index in [1.807, 2.05) is 36.4 Å². The number of ether oxygens (including phenoxy) is 2. The molecule has 1 aromatic heterocycles. The molecule has 1 heterocycles. The molecule has 6 nitrogen and oxygen atoms in total. The molecule has 200 valence electrons. The molecule has 0 spiro atoms. The summed E-state index contributed by atoms with van der Waals surface area (Å²) in [5.74, 6) is 0.579. The van der Waals surface area contributed by atoms with Crippen LogP contribution in [0.25, 0.3) is 22.5 Å². The monoisotopic (exact) mass is 513 g/mol. The summed E-state index contributed by atoms with van der Waals surface area (Å²) in [6, 6.07) is 17.5. The summed E-state index contributed by atoms with van der Waals surface area (Å²) >= 11 is 0. The number of esters is 1. The van der Waals surface area contributed by atoms with Gasteiger partial charge in [0, 0.05) is 5.56 Å². The zero-order valence-corrected chi connectivity index (χ0v) is 22.7. The summed E-state index contributed by atoms with van der Waals surface area (Å²) in [6.45, 7) is 5.04. The summed E-state index contributed by atoms with van der Waals surface area (Å²) in [6.07, 6.45) is 14.0. The Morgan fingerprint density at radius 2 is 1.32 bits per heavy atom. The maximum Gasteiger partial charge on any atom is 0.328 e. The van der Waals surface area contributed by atoms with Crippen LogP contribution in [0.3, 0.4) is 0 Å². The predicted octanol–water partition coefficient (Wildman–Crippen LogP) is 8.18. The molecule has 0 N–H and O–H groups in total. The molecule has 0 aliphatic carbocycles. The molecular weight excluding hydrogens is 474 g/mol. The van der Waals surface area contributed by atoms with Gasteiger partial charge in [-0.2, -0.15) is 5.26 Å². The lowest BCUT2D eigenvalue weighted by molar-refractivity contribution is -0.137. The Morgan fingerprint density at radius 1 is 0.763 bits per heavy atom. The minimum atomic E-state index is -0.725. The van der Waals surface area contributed by atoms with Crippen LogP contribution in [0.4, 0.5) is 0 Å². The molecule has 0 amide bonds. The van der Waals surface area contributed by atoms with Gasteiger partial charge in [0.05, 0.1) is 25.1 Å². The van der Waals surface area contributed by atoms with Crippen LogP contribution in [0.1, 0.15) is 78.1 Å². The van der Waals surface area contributed by atoms with Crippen molar-refractivity contribution in [3.8, 4) is 40.1 Å². The summed E-state index contributed by atoms with van der Waals surface area (Å²) < 4.78 is 11.2. The number of rotatable bonds is 16. The van der Waals surface area contributed by atoms with E-state index in [1.54, 1.807) is 24.5 Å². The van der Waals surface area contributed by atoms with Crippen LogP contribution in [-0.2, 0) is 4.79 Å². The third kappa shape index (κ3) is 9.30. The van der Waals surface area contributed by atoms with Gasteiger partial charge in [0.25, 0.3) is 0 Å². The normalized spacial score (nSPS) is 11.5. The fourth-order valence-electron chi connectivity index (χ4n) is 4.16. The van der Waals surface area contributed by atoms with E-state index < -0.39 is 11.9 Å². The van der Waals surface area contributed by atoms with Crippen molar-refractivity contribution in [2.45, 2.75) is 78.1 Å². The van der Waals surface area contributed by atoms with Crippen LogP contribution in [0.2, 0.25) is 0 Å². The van der Waals surface area contributed by atoms with Gasteiger partial charge in [-0.25, -0.2) is 9.97 Å². The Bertz CT molecular complexity index is 1140. The third-order valence-electron chi connectivity index (χ3n) is 6.48. The average molecular weight is 514 g/mol. The van der Waals surface area contributed by atoms with Gasteiger partial charge in [-0.3, -0.25) is 4.79 Å². The second kappa shape index (κ2) is 16.2. The highest BCUT2D eigenvalue weighted by Crippen LogP contribution is 2.26. The zero-order chi connectivity index (χ0) is 27.0. The molecule has 1 unspecified atom stereocenters. The summed E-state index contributed by atoms with van der Waals surface area (Å²) in [5, 5.41) is 9.41. The number of aromatic nitrogens is 2. The van der Waals surface area contributed by atoms with E-state index >= 15 is 0 Å². The molecule has 6 heteroatoms. The molecule has 0 saturated heterocycles. The maximum absolute atomic E-state index is 12.5. The summed E-state index contributed by atoms with van der Waals surface area (Å²) in [7, 11) is 0. The summed E-state index contributed by atoms with van der Waals surface area (Å²) in [4.78, 5) is 21.3. The number of nitrogens with zero attached hydrogens (tertiary/aromatic N) is 3. The Morgan fingerprint density at radius 3 is 1.95 bits per heavy atom. The standard InChI is InChI=1S/C32H39N3O3/c1-3-5-7-8-9-10-12-28(22-33)32(36)38-29-19-17-26(18-20-29)25-13-15-27(16-14-25)31-34-23-30(24-35-31)37-21-11-6-4-2/h13-20,23-24,28H,3-12,21H2,1-2H3. The quantitative estimate of drug-likeness (QED) is 0.109. The van der Waals surface area contributed by atoms with Crippen LogP contribution in [0.15, 0.2) is 60.9 Å². The van der Waals surface area contributed by atoms with E-state index in [0.29, 0.717) is 30.4 Å². The van der Waals surface area contributed by atoms with Gasteiger partial charge in [0.15, 0.2) is 11.6 Å². The first-order chi connectivity index (χ1) is 18.6. The Labute approximate surface area is 227 Å². The van der Waals surface area contributed by atoms with E-state index in [1.165, 1.54) is 19.3 Å². The van der Waals surface area contributed by atoms with Crippen molar-refractivity contribution in [2.75, 3.05) is 6.61 Å². The number of nitriles is 1. The van der Waals surface area contributed by atoms with Gasteiger partial charge in [-0.1, -0.05) is 102 Å². The lowest BCUT2D eigenvalue weighted by atomic mass is 10.0. The second-order valence-electron chi connectivity index (χ2n) is 9.56. The van der Waals surface area contributed by atoms with E-state index in [0.717, 1.165) is 55.2 Å². The minimum absolute atomic E-state index is 0.448. The van der Waals surface area contributed by atoms with Gasteiger partial charge < -0.3 is 9.47 Å². The van der Waals surface area contributed by atoms with E-state index in [-0.39, 0.29) is 0 Å². The fraction of sp³-hybridized carbons (Fsp3) is 0.438. The van der Waals surface area contributed by atoms with E-state index in [9.17, 15) is 10.1 Å². The highest BCUT2D eigenvalue weighted by molar-refractivity contribution is 5.78. The number of carbonyl (C=O) groups excluding carboxylic acids is 1. The SMILES string of the molecule is CCCCCCCCC(C#N)C(=O)Oc1ccc(-c2ccc(-c3ncc(OCCCCC)cn3)cc2)cc1. The van der Waals surface area contributed by atoms with Crippen LogP contribution >= 0.6 is 0 Å². The topological polar surface area (TPSA) is 85.1 Å². The van der Waals surface area contributed by atoms with Gasteiger partial charge in [-0.05, 0) is 36.1 Å². The van der Waals surface area contributed by atoms with Crippen LogP contribution in [-0.4, -0.2) is 22.5 Å². The molecule has 0 saturated carbocycles. The van der Waals surface area contributed by atoms with Crippen molar-refractivity contribution < 1.29 is 14.3 Å². The Kier molecular flexibility index (Phi) is 12.3. The van der Waals surface area contributed by atoms with Crippen molar-refractivity contribution in [2.24, 2.45) is 5.92 Å². The molecule has 1 atom stereocenters. The molecule has 0 radical (unpaired) electrons. The second-order valence-corrected chi connectivity index (χ2v) is 9.56. The van der Waals surface area contributed by atoms with Crippen molar-refractivity contribution in [1.29, 1.82) is 5.26 Å². The first-order valence-electron chi connectivity index (χ1n) is 13.9. The fourth-order valence-corrected chi connectivity index (χ4v) is 4.16. The Hall–Kier alpha value is -3.72. The highest BCUT2D eigenvalue weighted by Gasteiger charge is 2.20. The molecule has 3 rings (SSSR count). The predicted molar refractivity (Wildman–Crippen MR) is 151 cm³/mol. The van der Waals surface area contributed by atoms with Gasteiger partial charge in [0.2, 0.25) is 0 Å². The number of hydrogen-bond acceptors (Lipinski definition) is 6. The molecule has 0 fully saturated rings. The first-order valence-corrected chi connectivity index (χ1v) is 13.9. The molecule has 2 aromatic carbocycles. The number of unbranched alkanes of at least 4 members (excludes halogenated alkanes) is 7. The van der Waals surface area contributed by atoms with Crippen LogP contribution in [0, 0.1) is 17.2 Å². The van der Waals surface area contributed by atoms with Crippen molar-refractivity contribution in [3.63, 3.8) is 0 Å². The maximum atomic E-state index is 12.5. The van der Waals surface area contributed by atoms with Crippen LogP contribution in [0.5, 0.6) is 11.5 Å². The smallest absolute Gasteiger partial charge is 0.328 e.